The molecule has 3 atom stereocenters. The van der Waals surface area contributed by atoms with E-state index in [2.05, 4.69) is 57.1 Å². The van der Waals surface area contributed by atoms with E-state index in [-0.39, 0.29) is 12.1 Å². The van der Waals surface area contributed by atoms with E-state index in [0.717, 1.165) is 39.0 Å². The van der Waals surface area contributed by atoms with E-state index in [0.29, 0.717) is 17.5 Å². The first-order valence-corrected chi connectivity index (χ1v) is 9.64. The molecule has 1 aromatic carbocycles. The summed E-state index contributed by atoms with van der Waals surface area (Å²) in [6.45, 7) is 4.31. The van der Waals surface area contributed by atoms with Gasteiger partial charge in [-0.1, -0.05) is 30.3 Å². The average molecular weight is 366 g/mol. The van der Waals surface area contributed by atoms with Gasteiger partial charge in [-0.2, -0.15) is 0 Å². The van der Waals surface area contributed by atoms with Gasteiger partial charge in [0.25, 0.3) is 0 Å². The highest BCUT2D eigenvalue weighted by atomic mass is 16.5. The Balaban J connectivity index is 1.49. The summed E-state index contributed by atoms with van der Waals surface area (Å²) < 4.78 is 5.84. The monoisotopic (exact) mass is 366 g/mol. The smallest absolute Gasteiger partial charge is 0.341 e. The highest BCUT2D eigenvalue weighted by Crippen LogP contribution is 2.40. The van der Waals surface area contributed by atoms with Gasteiger partial charge in [-0.3, -0.25) is 4.90 Å². The Morgan fingerprint density at radius 2 is 1.74 bits per heavy atom. The van der Waals surface area contributed by atoms with Gasteiger partial charge in [0.1, 0.15) is 12.4 Å². The molecule has 142 valence electrons. The maximum atomic E-state index is 12.4. The Hall–Kier alpha value is -2.31. The van der Waals surface area contributed by atoms with E-state index in [1.54, 1.807) is 0 Å². The first-order valence-electron chi connectivity index (χ1n) is 9.64. The van der Waals surface area contributed by atoms with Crippen LogP contribution in [0.3, 0.4) is 0 Å². The molecule has 1 aliphatic heterocycles. The maximum Gasteiger partial charge on any atom is 0.341 e. The van der Waals surface area contributed by atoms with Gasteiger partial charge in [0, 0.05) is 57.0 Å². The summed E-state index contributed by atoms with van der Waals surface area (Å²) in [5.74, 6) is 0.0610. The van der Waals surface area contributed by atoms with Crippen molar-refractivity contribution in [2.45, 2.75) is 30.9 Å². The minimum Gasteiger partial charge on any atom is -0.459 e. The summed E-state index contributed by atoms with van der Waals surface area (Å²) in [4.78, 5) is 25.2. The maximum absolute atomic E-state index is 12.4. The van der Waals surface area contributed by atoms with Gasteiger partial charge in [-0.15, -0.1) is 0 Å². The van der Waals surface area contributed by atoms with Crippen molar-refractivity contribution in [2.24, 2.45) is 0 Å². The number of piperazine rings is 1. The lowest BCUT2D eigenvalue weighted by atomic mass is 9.92. The standard InChI is InChI=1S/C21H26N4O2/c1-24-7-9-25(10-8-24)20-12-18(11-19(20)16-5-3-2-4-6-16)27-21(26)17-13-22-15-23-14-17/h2-6,13-15,18-20H,7-12H2,1H3. The molecule has 0 amide bonds. The number of nitrogens with zero attached hydrogens (tertiary/aromatic N) is 4. The van der Waals surface area contributed by atoms with Crippen molar-refractivity contribution in [3.63, 3.8) is 0 Å². The molecule has 6 heteroatoms. The van der Waals surface area contributed by atoms with E-state index < -0.39 is 0 Å². The van der Waals surface area contributed by atoms with Gasteiger partial charge in [0.15, 0.2) is 0 Å². The predicted molar refractivity (Wildman–Crippen MR) is 103 cm³/mol. The third-order valence-electron chi connectivity index (χ3n) is 5.79. The van der Waals surface area contributed by atoms with Crippen LogP contribution in [0.15, 0.2) is 49.1 Å². The molecule has 4 rings (SSSR count). The largest absolute Gasteiger partial charge is 0.459 e. The van der Waals surface area contributed by atoms with Crippen LogP contribution < -0.4 is 0 Å². The Morgan fingerprint density at radius 3 is 2.44 bits per heavy atom. The zero-order valence-corrected chi connectivity index (χ0v) is 15.7. The van der Waals surface area contributed by atoms with Crippen molar-refractivity contribution in [3.05, 3.63) is 60.2 Å². The summed E-state index contributed by atoms with van der Waals surface area (Å²) in [5, 5.41) is 0. The number of rotatable bonds is 4. The van der Waals surface area contributed by atoms with Crippen LogP contribution in [0.4, 0.5) is 0 Å². The summed E-state index contributed by atoms with van der Waals surface area (Å²) in [6, 6.07) is 11.0. The number of aromatic nitrogens is 2. The fourth-order valence-electron chi connectivity index (χ4n) is 4.31. The number of benzene rings is 1. The molecule has 0 N–H and O–H groups in total. The SMILES string of the molecule is CN1CCN(C2CC(OC(=O)c3cncnc3)CC2c2ccccc2)CC1. The summed E-state index contributed by atoms with van der Waals surface area (Å²) >= 11 is 0. The molecule has 0 radical (unpaired) electrons. The van der Waals surface area contributed by atoms with Crippen LogP contribution in [0.25, 0.3) is 0 Å². The molecule has 2 aromatic rings. The lowest BCUT2D eigenvalue weighted by Crippen LogP contribution is -2.49. The fraction of sp³-hybridized carbons (Fsp3) is 0.476. The number of esters is 1. The first kappa shape index (κ1) is 18.1. The quantitative estimate of drug-likeness (QED) is 0.773. The Morgan fingerprint density at radius 1 is 1.04 bits per heavy atom. The number of carbonyl (C=O) groups is 1. The van der Waals surface area contributed by atoms with Crippen LogP contribution in [0.1, 0.15) is 34.7 Å². The molecule has 6 nitrogen and oxygen atoms in total. The Bertz CT molecular complexity index is 747. The number of likely N-dealkylation sites (N-methyl/N-ethyl adjacent to an activating group) is 1. The van der Waals surface area contributed by atoms with Crippen molar-refractivity contribution in [3.8, 4) is 0 Å². The third kappa shape index (κ3) is 4.17. The minimum atomic E-state index is -0.327. The molecule has 2 fully saturated rings. The molecular weight excluding hydrogens is 340 g/mol. The van der Waals surface area contributed by atoms with Crippen LogP contribution in [-0.2, 0) is 4.74 Å². The van der Waals surface area contributed by atoms with Gasteiger partial charge in [-0.05, 0) is 19.0 Å². The van der Waals surface area contributed by atoms with Crippen molar-refractivity contribution in [2.75, 3.05) is 33.2 Å². The molecular formula is C21H26N4O2. The van der Waals surface area contributed by atoms with Gasteiger partial charge < -0.3 is 9.64 Å². The minimum absolute atomic E-state index is 0.0763. The van der Waals surface area contributed by atoms with Crippen LogP contribution >= 0.6 is 0 Å². The van der Waals surface area contributed by atoms with Crippen molar-refractivity contribution in [1.82, 2.24) is 19.8 Å². The van der Waals surface area contributed by atoms with Crippen molar-refractivity contribution in [1.29, 1.82) is 0 Å². The third-order valence-corrected chi connectivity index (χ3v) is 5.79. The van der Waals surface area contributed by atoms with Crippen molar-refractivity contribution < 1.29 is 9.53 Å². The highest BCUT2D eigenvalue weighted by molar-refractivity contribution is 5.88. The van der Waals surface area contributed by atoms with Gasteiger partial charge >= 0.3 is 5.97 Å². The van der Waals surface area contributed by atoms with Crippen LogP contribution in [0, 0.1) is 0 Å². The second-order valence-corrected chi connectivity index (χ2v) is 7.55. The molecule has 1 saturated heterocycles. The van der Waals surface area contributed by atoms with E-state index >= 15 is 0 Å². The molecule has 2 aliphatic rings. The molecule has 27 heavy (non-hydrogen) atoms. The molecule has 2 heterocycles. The molecule has 1 saturated carbocycles. The Labute approximate surface area is 160 Å². The lowest BCUT2D eigenvalue weighted by Gasteiger charge is -2.38. The highest BCUT2D eigenvalue weighted by Gasteiger charge is 2.41. The lowest BCUT2D eigenvalue weighted by molar-refractivity contribution is 0.0285. The normalized spacial score (nSPS) is 26.8. The average Bonchev–Trinajstić information content (AvgIpc) is 3.13. The number of hydrogen-bond donors (Lipinski definition) is 0. The molecule has 0 bridgehead atoms. The Kier molecular flexibility index (Phi) is 5.45. The van der Waals surface area contributed by atoms with Crippen molar-refractivity contribution >= 4 is 5.97 Å². The van der Waals surface area contributed by atoms with E-state index in [4.69, 9.17) is 4.74 Å². The second kappa shape index (κ2) is 8.15. The fourth-order valence-corrected chi connectivity index (χ4v) is 4.31. The molecule has 1 aliphatic carbocycles. The molecule has 3 unspecified atom stereocenters. The number of ether oxygens (including phenoxy) is 1. The molecule has 1 aromatic heterocycles. The van der Waals surface area contributed by atoms with Gasteiger partial charge in [-0.25, -0.2) is 14.8 Å². The summed E-state index contributed by atoms with van der Waals surface area (Å²) in [5.41, 5.74) is 1.75. The zero-order chi connectivity index (χ0) is 18.6. The van der Waals surface area contributed by atoms with Crippen LogP contribution in [-0.4, -0.2) is 71.1 Å². The number of carbonyl (C=O) groups excluding carboxylic acids is 1. The van der Waals surface area contributed by atoms with Crippen LogP contribution in [0.2, 0.25) is 0 Å². The topological polar surface area (TPSA) is 58.6 Å². The van der Waals surface area contributed by atoms with E-state index in [1.807, 2.05) is 0 Å². The van der Waals surface area contributed by atoms with Gasteiger partial charge in [0.05, 0.1) is 5.56 Å². The van der Waals surface area contributed by atoms with E-state index in [9.17, 15) is 4.79 Å². The van der Waals surface area contributed by atoms with E-state index in [1.165, 1.54) is 24.3 Å². The van der Waals surface area contributed by atoms with Gasteiger partial charge in [0.2, 0.25) is 0 Å². The predicted octanol–water partition coefficient (Wildman–Crippen LogP) is 2.20. The summed E-state index contributed by atoms with van der Waals surface area (Å²) in [7, 11) is 2.17. The number of hydrogen-bond acceptors (Lipinski definition) is 6. The second-order valence-electron chi connectivity index (χ2n) is 7.55. The molecule has 0 spiro atoms. The first-order chi connectivity index (χ1) is 13.2. The zero-order valence-electron chi connectivity index (χ0n) is 15.7. The summed E-state index contributed by atoms with van der Waals surface area (Å²) in [6.07, 6.45) is 6.10. The van der Waals surface area contributed by atoms with Crippen LogP contribution in [0.5, 0.6) is 0 Å².